The molecule has 0 fully saturated rings. The fraction of sp³-hybridized carbons (Fsp3) is 0.292. The highest BCUT2D eigenvalue weighted by Gasteiger charge is 2.19. The quantitative estimate of drug-likeness (QED) is 0.133. The number of ketones is 2. The molecule has 3 heterocycles. The lowest BCUT2D eigenvalue weighted by atomic mass is 10.1. The standard InChI is InChI=1S/C24H29N7O4/c1-29-11-15(8-22(34)19-10-17(28-14-32)13-31(19)3)6-18(29)21(33)9-16-7-20(30(2)12-16)24(35)27-5-4-23(25)26/h6-7,10-14H,4-5,8-9H2,1-3H3,(H3,25,26)(H,27,35)(H,28,32). The Labute approximate surface area is 202 Å². The van der Waals surface area contributed by atoms with E-state index in [0.29, 0.717) is 40.3 Å². The van der Waals surface area contributed by atoms with Crippen LogP contribution >= 0.6 is 0 Å². The number of carbonyl (C=O) groups excluding carboxylic acids is 4. The van der Waals surface area contributed by atoms with Crippen molar-refractivity contribution in [2.24, 2.45) is 26.9 Å². The first-order valence-electron chi connectivity index (χ1n) is 10.9. The summed E-state index contributed by atoms with van der Waals surface area (Å²) >= 11 is 0. The predicted molar refractivity (Wildman–Crippen MR) is 131 cm³/mol. The van der Waals surface area contributed by atoms with Gasteiger partial charge in [0, 0.05) is 65.5 Å². The molecule has 3 aromatic heterocycles. The molecule has 0 unspecified atom stereocenters. The van der Waals surface area contributed by atoms with Crippen molar-refractivity contribution in [2.75, 3.05) is 11.9 Å². The summed E-state index contributed by atoms with van der Waals surface area (Å²) in [4.78, 5) is 48.7. The maximum Gasteiger partial charge on any atom is 0.267 e. The van der Waals surface area contributed by atoms with E-state index in [4.69, 9.17) is 11.1 Å². The number of Topliss-reactive ketones (excluding diaryl/α,β-unsaturated/α-hetero) is 2. The van der Waals surface area contributed by atoms with Gasteiger partial charge in [-0.25, -0.2) is 0 Å². The fourth-order valence-electron chi connectivity index (χ4n) is 3.90. The third-order valence-electron chi connectivity index (χ3n) is 5.57. The second kappa shape index (κ2) is 10.7. The van der Waals surface area contributed by atoms with Crippen LogP contribution in [-0.2, 0) is 38.8 Å². The van der Waals surface area contributed by atoms with E-state index in [0.717, 1.165) is 0 Å². The third-order valence-corrected chi connectivity index (χ3v) is 5.57. The van der Waals surface area contributed by atoms with Gasteiger partial charge in [-0.3, -0.25) is 24.6 Å². The van der Waals surface area contributed by atoms with Crippen LogP contribution in [0.2, 0.25) is 0 Å². The molecule has 0 aromatic carbocycles. The first kappa shape index (κ1) is 25.2. The lowest BCUT2D eigenvalue weighted by Crippen LogP contribution is -2.28. The molecule has 0 radical (unpaired) electrons. The second-order valence-corrected chi connectivity index (χ2v) is 8.41. The van der Waals surface area contributed by atoms with Gasteiger partial charge in [0.25, 0.3) is 5.91 Å². The molecule has 0 aliphatic heterocycles. The number of carbonyl (C=O) groups is 4. The minimum atomic E-state index is -0.306. The van der Waals surface area contributed by atoms with E-state index in [1.54, 1.807) is 71.6 Å². The molecular formula is C24H29N7O4. The zero-order valence-corrected chi connectivity index (χ0v) is 19.9. The van der Waals surface area contributed by atoms with E-state index in [9.17, 15) is 19.2 Å². The van der Waals surface area contributed by atoms with E-state index in [2.05, 4.69) is 10.6 Å². The van der Waals surface area contributed by atoms with Crippen LogP contribution in [0, 0.1) is 5.41 Å². The molecule has 0 bridgehead atoms. The molecule has 5 N–H and O–H groups in total. The first-order chi connectivity index (χ1) is 16.6. The molecule has 0 saturated carbocycles. The van der Waals surface area contributed by atoms with Crippen molar-refractivity contribution in [1.29, 1.82) is 5.41 Å². The maximum absolute atomic E-state index is 13.0. The smallest absolute Gasteiger partial charge is 0.267 e. The van der Waals surface area contributed by atoms with E-state index >= 15 is 0 Å². The third kappa shape index (κ3) is 6.14. The molecule has 0 aliphatic rings. The van der Waals surface area contributed by atoms with Gasteiger partial charge in [0.1, 0.15) is 5.69 Å². The molecule has 3 rings (SSSR count). The van der Waals surface area contributed by atoms with Gasteiger partial charge in [-0.1, -0.05) is 0 Å². The first-order valence-corrected chi connectivity index (χ1v) is 10.9. The topological polar surface area (TPSA) is 157 Å². The fourth-order valence-corrected chi connectivity index (χ4v) is 3.90. The van der Waals surface area contributed by atoms with Crippen molar-refractivity contribution < 1.29 is 19.2 Å². The lowest BCUT2D eigenvalue weighted by molar-refractivity contribution is -0.105. The number of hydrogen-bond donors (Lipinski definition) is 4. The second-order valence-electron chi connectivity index (χ2n) is 8.41. The van der Waals surface area contributed by atoms with Crippen LogP contribution < -0.4 is 16.4 Å². The molecule has 184 valence electrons. The normalized spacial score (nSPS) is 10.7. The number of aromatic nitrogens is 3. The number of nitrogens with one attached hydrogen (secondary N) is 3. The van der Waals surface area contributed by atoms with Crippen LogP contribution in [-0.4, -0.2) is 50.0 Å². The average Bonchev–Trinajstić information content (AvgIpc) is 3.44. The van der Waals surface area contributed by atoms with Crippen LogP contribution in [0.4, 0.5) is 5.69 Å². The highest BCUT2D eigenvalue weighted by atomic mass is 16.2. The van der Waals surface area contributed by atoms with Gasteiger partial charge in [0.05, 0.1) is 22.9 Å². The van der Waals surface area contributed by atoms with Crippen LogP contribution in [0.1, 0.15) is 49.0 Å². The molecular weight excluding hydrogens is 450 g/mol. The van der Waals surface area contributed by atoms with Gasteiger partial charge in [0.15, 0.2) is 11.6 Å². The van der Waals surface area contributed by atoms with Crippen molar-refractivity contribution in [3.63, 3.8) is 0 Å². The highest BCUT2D eigenvalue weighted by molar-refractivity contribution is 6.00. The minimum absolute atomic E-state index is 0.00425. The number of hydrogen-bond acceptors (Lipinski definition) is 5. The summed E-state index contributed by atoms with van der Waals surface area (Å²) in [6, 6.07) is 4.97. The van der Waals surface area contributed by atoms with Gasteiger partial charge < -0.3 is 30.1 Å². The van der Waals surface area contributed by atoms with Crippen LogP contribution in [0.5, 0.6) is 0 Å². The SMILES string of the molecule is Cn1cc(CC(=O)c2cc(NC=O)cn2C)cc1C(=O)Cc1cc(C(=O)NCCC(=N)N)n(C)c1. The summed E-state index contributed by atoms with van der Waals surface area (Å²) in [7, 11) is 5.19. The molecule has 3 aromatic rings. The Morgan fingerprint density at radius 1 is 0.886 bits per heavy atom. The van der Waals surface area contributed by atoms with Crippen LogP contribution in [0.15, 0.2) is 36.8 Å². The average molecular weight is 480 g/mol. The number of rotatable bonds is 12. The van der Waals surface area contributed by atoms with E-state index in [1.807, 2.05) is 0 Å². The van der Waals surface area contributed by atoms with Gasteiger partial charge >= 0.3 is 0 Å². The molecule has 0 aliphatic carbocycles. The van der Waals surface area contributed by atoms with Crippen molar-refractivity contribution in [3.8, 4) is 0 Å². The summed E-state index contributed by atoms with van der Waals surface area (Å²) < 4.78 is 4.98. The zero-order valence-electron chi connectivity index (χ0n) is 19.9. The molecule has 0 saturated heterocycles. The van der Waals surface area contributed by atoms with Crippen LogP contribution in [0.3, 0.4) is 0 Å². The van der Waals surface area contributed by atoms with Crippen molar-refractivity contribution in [3.05, 3.63) is 65.0 Å². The van der Waals surface area contributed by atoms with Gasteiger partial charge in [-0.05, 0) is 29.3 Å². The Morgan fingerprint density at radius 2 is 1.40 bits per heavy atom. The number of nitrogens with two attached hydrogens (primary N) is 1. The summed E-state index contributed by atoms with van der Waals surface area (Å²) in [6.07, 6.45) is 6.15. The monoisotopic (exact) mass is 479 g/mol. The van der Waals surface area contributed by atoms with Gasteiger partial charge in [-0.15, -0.1) is 0 Å². The van der Waals surface area contributed by atoms with Gasteiger partial charge in [-0.2, -0.15) is 0 Å². The Kier molecular flexibility index (Phi) is 7.69. The predicted octanol–water partition coefficient (Wildman–Crippen LogP) is 1.18. The van der Waals surface area contributed by atoms with E-state index in [1.165, 1.54) is 0 Å². The number of aryl methyl sites for hydroxylation is 3. The van der Waals surface area contributed by atoms with Crippen molar-refractivity contribution in [1.82, 2.24) is 19.0 Å². The molecule has 0 spiro atoms. The van der Waals surface area contributed by atoms with Crippen molar-refractivity contribution >= 4 is 35.4 Å². The molecule has 35 heavy (non-hydrogen) atoms. The number of nitrogens with zero attached hydrogens (tertiary/aromatic N) is 3. The molecule has 2 amide bonds. The lowest BCUT2D eigenvalue weighted by Gasteiger charge is -2.04. The zero-order chi connectivity index (χ0) is 25.7. The summed E-state index contributed by atoms with van der Waals surface area (Å²) in [5.74, 6) is -0.592. The number of amidine groups is 1. The molecule has 11 nitrogen and oxygen atoms in total. The summed E-state index contributed by atoms with van der Waals surface area (Å²) in [5.41, 5.74) is 8.53. The van der Waals surface area contributed by atoms with Gasteiger partial charge in [0.2, 0.25) is 6.41 Å². The summed E-state index contributed by atoms with van der Waals surface area (Å²) in [6.45, 7) is 0.260. The Bertz CT molecular complexity index is 1300. The van der Waals surface area contributed by atoms with Crippen molar-refractivity contribution in [2.45, 2.75) is 19.3 Å². The summed E-state index contributed by atoms with van der Waals surface area (Å²) in [5, 5.41) is 12.4. The number of anilines is 1. The molecule has 11 heteroatoms. The Hall–Kier alpha value is -4.41. The largest absolute Gasteiger partial charge is 0.388 e. The molecule has 0 atom stereocenters. The number of amides is 2. The highest BCUT2D eigenvalue weighted by Crippen LogP contribution is 2.18. The minimum Gasteiger partial charge on any atom is -0.388 e. The van der Waals surface area contributed by atoms with Crippen LogP contribution in [0.25, 0.3) is 0 Å². The Morgan fingerprint density at radius 3 is 1.97 bits per heavy atom. The van der Waals surface area contributed by atoms with E-state index in [-0.39, 0.29) is 49.1 Å². The Balaban J connectivity index is 1.67. The van der Waals surface area contributed by atoms with E-state index < -0.39 is 0 Å². The maximum atomic E-state index is 13.0.